The van der Waals surface area contributed by atoms with Crippen molar-refractivity contribution >= 4 is 5.69 Å². The minimum absolute atomic E-state index is 0.822. The minimum atomic E-state index is 0.822. The van der Waals surface area contributed by atoms with E-state index in [1.165, 1.54) is 0 Å². The fraction of sp³-hybridized carbons (Fsp3) is 0.250. The van der Waals surface area contributed by atoms with Gasteiger partial charge in [-0.2, -0.15) is 10.2 Å². The first-order chi connectivity index (χ1) is 5.31. The Kier molecular flexibility index (Phi) is 5.89. The van der Waals surface area contributed by atoms with Crippen LogP contribution in [0.25, 0.3) is 0 Å². The molecule has 0 bridgehead atoms. The van der Waals surface area contributed by atoms with Gasteiger partial charge in [0, 0.05) is 19.8 Å². The lowest BCUT2D eigenvalue weighted by molar-refractivity contribution is 1.11. The molecule has 0 aliphatic rings. The molecule has 1 aromatic carbocycles. The van der Waals surface area contributed by atoms with Gasteiger partial charge in [-0.3, -0.25) is 0 Å². The molecule has 1 aromatic rings. The maximum absolute atomic E-state index is 5.36. The standard InChI is InChI=1S/C6H7N.C2H6N2/c7-6-4-2-1-3-5-6;1-3-4-2/h1-5H,7H2;1-2H3. The van der Waals surface area contributed by atoms with Crippen LogP contribution in [0.15, 0.2) is 40.6 Å². The molecule has 0 fully saturated rings. The van der Waals surface area contributed by atoms with Gasteiger partial charge >= 0.3 is 0 Å². The van der Waals surface area contributed by atoms with Gasteiger partial charge in [-0.25, -0.2) is 0 Å². The van der Waals surface area contributed by atoms with Crippen molar-refractivity contribution < 1.29 is 0 Å². The van der Waals surface area contributed by atoms with Crippen LogP contribution in [0.2, 0.25) is 0 Å². The second-order valence-electron chi connectivity index (χ2n) is 1.81. The van der Waals surface area contributed by atoms with E-state index in [1.807, 2.05) is 30.3 Å². The smallest absolute Gasteiger partial charge is 0.0487 e. The summed E-state index contributed by atoms with van der Waals surface area (Å²) in [6.45, 7) is 0. The van der Waals surface area contributed by atoms with Crippen LogP contribution in [0.1, 0.15) is 0 Å². The highest BCUT2D eigenvalue weighted by Gasteiger charge is 1.72. The molecule has 0 spiro atoms. The van der Waals surface area contributed by atoms with Crippen molar-refractivity contribution in [2.75, 3.05) is 19.8 Å². The molecule has 2 N–H and O–H groups in total. The Bertz CT molecular complexity index is 190. The Hall–Kier alpha value is -1.38. The SMILES string of the molecule is CN=NC.Nc1ccccc1. The average Bonchev–Trinajstić information content (AvgIpc) is 2.07. The molecular formula is C8H13N3. The lowest BCUT2D eigenvalue weighted by Gasteiger charge is -1.83. The summed E-state index contributed by atoms with van der Waals surface area (Å²) in [6, 6.07) is 9.49. The van der Waals surface area contributed by atoms with Gasteiger partial charge in [0.25, 0.3) is 0 Å². The fourth-order valence-corrected chi connectivity index (χ4v) is 0.453. The highest BCUT2D eigenvalue weighted by Crippen LogP contribution is 1.95. The van der Waals surface area contributed by atoms with Gasteiger partial charge in [0.15, 0.2) is 0 Å². The van der Waals surface area contributed by atoms with E-state index in [1.54, 1.807) is 14.1 Å². The van der Waals surface area contributed by atoms with Gasteiger partial charge in [-0.1, -0.05) is 18.2 Å². The van der Waals surface area contributed by atoms with Crippen molar-refractivity contribution in [1.29, 1.82) is 0 Å². The zero-order chi connectivity index (χ0) is 8.53. The molecule has 0 heterocycles. The Balaban J connectivity index is 0.000000218. The molecule has 0 atom stereocenters. The van der Waals surface area contributed by atoms with Crippen molar-refractivity contribution in [3.05, 3.63) is 30.3 Å². The lowest BCUT2D eigenvalue weighted by atomic mass is 10.3. The summed E-state index contributed by atoms with van der Waals surface area (Å²) >= 11 is 0. The molecule has 11 heavy (non-hydrogen) atoms. The fourth-order valence-electron chi connectivity index (χ4n) is 0.453. The zero-order valence-corrected chi connectivity index (χ0v) is 6.86. The van der Waals surface area contributed by atoms with Gasteiger partial charge in [0.1, 0.15) is 0 Å². The second-order valence-corrected chi connectivity index (χ2v) is 1.81. The molecule has 0 aromatic heterocycles. The molecule has 1 rings (SSSR count). The number of rotatable bonds is 0. The summed E-state index contributed by atoms with van der Waals surface area (Å²) < 4.78 is 0. The Labute approximate surface area is 67.0 Å². The second kappa shape index (κ2) is 6.74. The summed E-state index contributed by atoms with van der Waals surface area (Å²) in [5, 5.41) is 6.72. The van der Waals surface area contributed by atoms with Crippen molar-refractivity contribution in [2.24, 2.45) is 10.2 Å². The number of hydrogen-bond acceptors (Lipinski definition) is 3. The molecule has 0 saturated carbocycles. The Morgan fingerprint density at radius 3 is 1.64 bits per heavy atom. The third-order valence-electron chi connectivity index (χ3n) is 1.000. The van der Waals surface area contributed by atoms with Crippen LogP contribution in [0.3, 0.4) is 0 Å². The summed E-state index contributed by atoms with van der Waals surface area (Å²) in [6.07, 6.45) is 0. The first-order valence-corrected chi connectivity index (χ1v) is 3.29. The molecule has 0 aliphatic carbocycles. The predicted octanol–water partition coefficient (Wildman–Crippen LogP) is 1.97. The number of anilines is 1. The predicted molar refractivity (Wildman–Crippen MR) is 47.6 cm³/mol. The molecule has 0 saturated heterocycles. The summed E-state index contributed by atoms with van der Waals surface area (Å²) in [4.78, 5) is 0. The third-order valence-corrected chi connectivity index (χ3v) is 1.000. The van der Waals surface area contributed by atoms with Crippen LogP contribution in [-0.4, -0.2) is 14.1 Å². The highest BCUT2D eigenvalue weighted by molar-refractivity contribution is 5.35. The van der Waals surface area contributed by atoms with Gasteiger partial charge in [0.05, 0.1) is 0 Å². The lowest BCUT2D eigenvalue weighted by Crippen LogP contribution is -1.79. The average molecular weight is 151 g/mol. The van der Waals surface area contributed by atoms with E-state index in [0.717, 1.165) is 5.69 Å². The highest BCUT2D eigenvalue weighted by atomic mass is 15.0. The maximum Gasteiger partial charge on any atom is 0.0487 e. The van der Waals surface area contributed by atoms with Crippen LogP contribution in [0.5, 0.6) is 0 Å². The van der Waals surface area contributed by atoms with E-state index in [2.05, 4.69) is 10.2 Å². The molecule has 0 unspecified atom stereocenters. The van der Waals surface area contributed by atoms with E-state index in [9.17, 15) is 0 Å². The monoisotopic (exact) mass is 151 g/mol. The number of azo groups is 1. The van der Waals surface area contributed by atoms with E-state index in [4.69, 9.17) is 5.73 Å². The summed E-state index contributed by atoms with van der Waals surface area (Å²) in [5.41, 5.74) is 6.18. The van der Waals surface area contributed by atoms with Crippen LogP contribution in [-0.2, 0) is 0 Å². The Morgan fingerprint density at radius 1 is 1.00 bits per heavy atom. The molecule has 0 aliphatic heterocycles. The van der Waals surface area contributed by atoms with Crippen molar-refractivity contribution in [1.82, 2.24) is 0 Å². The summed E-state index contributed by atoms with van der Waals surface area (Å²) in [7, 11) is 3.28. The molecule has 3 heteroatoms. The number of nitrogens with zero attached hydrogens (tertiary/aromatic N) is 2. The normalized spacial score (nSPS) is 8.91. The number of nitrogens with two attached hydrogens (primary N) is 1. The number of para-hydroxylation sites is 1. The van der Waals surface area contributed by atoms with E-state index < -0.39 is 0 Å². The van der Waals surface area contributed by atoms with Crippen LogP contribution >= 0.6 is 0 Å². The summed E-state index contributed by atoms with van der Waals surface area (Å²) in [5.74, 6) is 0. The molecule has 0 amide bonds. The first-order valence-electron chi connectivity index (χ1n) is 3.29. The van der Waals surface area contributed by atoms with Gasteiger partial charge in [-0.15, -0.1) is 0 Å². The van der Waals surface area contributed by atoms with Gasteiger partial charge in [-0.05, 0) is 12.1 Å². The number of hydrogen-bond donors (Lipinski definition) is 1. The van der Waals surface area contributed by atoms with Crippen LogP contribution in [0, 0.1) is 0 Å². The van der Waals surface area contributed by atoms with Crippen molar-refractivity contribution in [3.63, 3.8) is 0 Å². The van der Waals surface area contributed by atoms with Gasteiger partial charge < -0.3 is 5.73 Å². The topological polar surface area (TPSA) is 50.7 Å². The molecular weight excluding hydrogens is 138 g/mol. The third kappa shape index (κ3) is 6.51. The van der Waals surface area contributed by atoms with Crippen LogP contribution in [0.4, 0.5) is 5.69 Å². The van der Waals surface area contributed by atoms with Crippen LogP contribution < -0.4 is 5.73 Å². The largest absolute Gasteiger partial charge is 0.399 e. The van der Waals surface area contributed by atoms with Crippen molar-refractivity contribution in [3.8, 4) is 0 Å². The first kappa shape index (κ1) is 9.62. The van der Waals surface area contributed by atoms with E-state index in [0.29, 0.717) is 0 Å². The van der Waals surface area contributed by atoms with E-state index >= 15 is 0 Å². The van der Waals surface area contributed by atoms with Gasteiger partial charge in [0.2, 0.25) is 0 Å². The molecule has 3 nitrogen and oxygen atoms in total. The number of benzene rings is 1. The maximum atomic E-state index is 5.36. The minimum Gasteiger partial charge on any atom is -0.399 e. The molecule has 0 radical (unpaired) electrons. The zero-order valence-electron chi connectivity index (χ0n) is 6.86. The Morgan fingerprint density at radius 2 is 1.45 bits per heavy atom. The van der Waals surface area contributed by atoms with E-state index in [-0.39, 0.29) is 0 Å². The molecule has 60 valence electrons. The quantitative estimate of drug-likeness (QED) is 0.447. The van der Waals surface area contributed by atoms with Crippen molar-refractivity contribution in [2.45, 2.75) is 0 Å². The number of nitrogen functional groups attached to an aromatic ring is 1.